The minimum absolute atomic E-state index is 0.218. The van der Waals surface area contributed by atoms with E-state index in [0.29, 0.717) is 22.5 Å². The van der Waals surface area contributed by atoms with Gasteiger partial charge in [0, 0.05) is 12.4 Å². The summed E-state index contributed by atoms with van der Waals surface area (Å²) in [5, 5.41) is 0.692. The first-order valence-electron chi connectivity index (χ1n) is 5.80. The zero-order valence-electron chi connectivity index (χ0n) is 10.1. The third-order valence-electron chi connectivity index (χ3n) is 2.52. The van der Waals surface area contributed by atoms with E-state index in [9.17, 15) is 0 Å². The van der Waals surface area contributed by atoms with Gasteiger partial charge in [-0.25, -0.2) is 0 Å². The van der Waals surface area contributed by atoms with Gasteiger partial charge in [0.25, 0.3) is 0 Å². The van der Waals surface area contributed by atoms with Crippen molar-refractivity contribution in [1.82, 2.24) is 9.97 Å². The van der Waals surface area contributed by atoms with Gasteiger partial charge < -0.3 is 10.5 Å². The van der Waals surface area contributed by atoms with Crippen LogP contribution in [-0.2, 0) is 6.42 Å². The van der Waals surface area contributed by atoms with E-state index in [4.69, 9.17) is 33.7 Å². The molecule has 2 N–H and O–H groups in total. The van der Waals surface area contributed by atoms with Crippen LogP contribution < -0.4 is 10.5 Å². The van der Waals surface area contributed by atoms with Gasteiger partial charge in [-0.15, -0.1) is 0 Å². The van der Waals surface area contributed by atoms with E-state index in [1.807, 2.05) is 12.1 Å². The number of aryl methyl sites for hydroxylation is 1. The normalized spacial score (nSPS) is 10.4. The molecule has 4 nitrogen and oxygen atoms in total. The van der Waals surface area contributed by atoms with Crippen LogP contribution in [0.5, 0.6) is 5.88 Å². The van der Waals surface area contributed by atoms with Crippen LogP contribution in [0.3, 0.4) is 0 Å². The molecule has 2 heterocycles. The topological polar surface area (TPSA) is 61.0 Å². The van der Waals surface area contributed by atoms with Gasteiger partial charge in [-0.3, -0.25) is 4.98 Å². The fourth-order valence-corrected chi connectivity index (χ4v) is 1.97. The predicted molar refractivity (Wildman–Crippen MR) is 76.7 cm³/mol. The molecule has 0 saturated carbocycles. The quantitative estimate of drug-likeness (QED) is 0.860. The van der Waals surface area contributed by atoms with Crippen molar-refractivity contribution in [2.75, 3.05) is 12.3 Å². The lowest BCUT2D eigenvalue weighted by atomic mass is 10.1. The van der Waals surface area contributed by atoms with Gasteiger partial charge in [0.1, 0.15) is 10.8 Å². The zero-order chi connectivity index (χ0) is 13.7. The molecule has 19 heavy (non-hydrogen) atoms. The molecule has 0 aromatic carbocycles. The average molecular weight is 298 g/mol. The van der Waals surface area contributed by atoms with Gasteiger partial charge in [-0.2, -0.15) is 4.98 Å². The number of rotatable bonds is 5. The third-order valence-corrected chi connectivity index (χ3v) is 3.10. The Hall–Kier alpha value is -1.52. The molecule has 0 radical (unpaired) electrons. The zero-order valence-corrected chi connectivity index (χ0v) is 11.7. The van der Waals surface area contributed by atoms with Crippen molar-refractivity contribution in [1.29, 1.82) is 0 Å². The third kappa shape index (κ3) is 3.98. The Morgan fingerprint density at radius 3 is 2.63 bits per heavy atom. The van der Waals surface area contributed by atoms with Crippen LogP contribution in [0.25, 0.3) is 0 Å². The first-order valence-corrected chi connectivity index (χ1v) is 6.55. The van der Waals surface area contributed by atoms with Crippen LogP contribution in [0.1, 0.15) is 12.0 Å². The van der Waals surface area contributed by atoms with E-state index in [1.54, 1.807) is 12.4 Å². The van der Waals surface area contributed by atoms with Crippen molar-refractivity contribution in [3.05, 3.63) is 46.2 Å². The number of nitrogen functional groups attached to an aromatic ring is 1. The lowest BCUT2D eigenvalue weighted by Crippen LogP contribution is -2.03. The van der Waals surface area contributed by atoms with Crippen molar-refractivity contribution in [3.8, 4) is 5.88 Å². The molecule has 2 rings (SSSR count). The van der Waals surface area contributed by atoms with Crippen molar-refractivity contribution < 1.29 is 4.74 Å². The van der Waals surface area contributed by atoms with E-state index in [-0.39, 0.29) is 5.82 Å². The maximum absolute atomic E-state index is 5.96. The van der Waals surface area contributed by atoms with Crippen molar-refractivity contribution >= 4 is 29.0 Å². The Morgan fingerprint density at radius 2 is 1.89 bits per heavy atom. The highest BCUT2D eigenvalue weighted by Crippen LogP contribution is 2.29. The number of anilines is 1. The lowest BCUT2D eigenvalue weighted by molar-refractivity contribution is 0.300. The molecule has 6 heteroatoms. The van der Waals surface area contributed by atoms with Crippen molar-refractivity contribution in [3.63, 3.8) is 0 Å². The van der Waals surface area contributed by atoms with E-state index < -0.39 is 0 Å². The molecule has 0 atom stereocenters. The number of halogens is 2. The largest absolute Gasteiger partial charge is 0.477 e. The first-order chi connectivity index (χ1) is 9.16. The first kappa shape index (κ1) is 13.9. The van der Waals surface area contributed by atoms with Crippen LogP contribution >= 0.6 is 23.2 Å². The van der Waals surface area contributed by atoms with Gasteiger partial charge in [0.05, 0.1) is 11.6 Å². The summed E-state index contributed by atoms with van der Waals surface area (Å²) in [7, 11) is 0. The number of pyridine rings is 2. The molecular weight excluding hydrogens is 285 g/mol. The highest BCUT2D eigenvalue weighted by atomic mass is 35.5. The molecule has 2 aromatic heterocycles. The monoisotopic (exact) mass is 297 g/mol. The summed E-state index contributed by atoms with van der Waals surface area (Å²) in [6.45, 7) is 0.510. The van der Waals surface area contributed by atoms with Crippen LogP contribution in [0.4, 0.5) is 5.82 Å². The Balaban J connectivity index is 1.85. The predicted octanol–water partition coefficient (Wildman–Crippen LogP) is 3.38. The Bertz CT molecular complexity index is 549. The molecule has 0 amide bonds. The van der Waals surface area contributed by atoms with Gasteiger partial charge in [0.15, 0.2) is 0 Å². The molecule has 0 aliphatic carbocycles. The van der Waals surface area contributed by atoms with Gasteiger partial charge in [-0.05, 0) is 36.6 Å². The fraction of sp³-hybridized carbons (Fsp3) is 0.231. The molecule has 0 spiro atoms. The number of aromatic nitrogens is 2. The second kappa shape index (κ2) is 6.59. The van der Waals surface area contributed by atoms with E-state index in [1.165, 1.54) is 11.6 Å². The lowest BCUT2D eigenvalue weighted by Gasteiger charge is -2.08. The van der Waals surface area contributed by atoms with Gasteiger partial charge in [-0.1, -0.05) is 23.2 Å². The van der Waals surface area contributed by atoms with Crippen molar-refractivity contribution in [2.24, 2.45) is 0 Å². The van der Waals surface area contributed by atoms with Crippen LogP contribution in [0.2, 0.25) is 10.0 Å². The van der Waals surface area contributed by atoms with E-state index in [0.717, 1.165) is 12.8 Å². The van der Waals surface area contributed by atoms with Crippen molar-refractivity contribution in [2.45, 2.75) is 12.8 Å². The maximum atomic E-state index is 5.96. The molecule has 0 unspecified atom stereocenters. The highest BCUT2D eigenvalue weighted by molar-refractivity contribution is 6.36. The summed E-state index contributed by atoms with van der Waals surface area (Å²) in [4.78, 5) is 7.96. The van der Waals surface area contributed by atoms with E-state index >= 15 is 0 Å². The summed E-state index contributed by atoms with van der Waals surface area (Å²) in [5.74, 6) is 0.536. The summed E-state index contributed by atoms with van der Waals surface area (Å²) in [6.07, 6.45) is 5.30. The molecule has 0 aliphatic heterocycles. The Kier molecular flexibility index (Phi) is 4.82. The number of hydrogen-bond donors (Lipinski definition) is 1. The SMILES string of the molecule is Nc1nc(OCCCc2ccncc2)c(Cl)cc1Cl. The molecule has 0 fully saturated rings. The standard InChI is InChI=1S/C13H13Cl2N3O/c14-10-8-11(15)13(18-12(10)16)19-7-1-2-9-3-5-17-6-4-9/h3-6,8H,1-2,7H2,(H2,16,18). The number of nitrogens with zero attached hydrogens (tertiary/aromatic N) is 2. The summed E-state index contributed by atoms with van der Waals surface area (Å²) >= 11 is 11.8. The van der Waals surface area contributed by atoms with E-state index in [2.05, 4.69) is 9.97 Å². The molecule has 0 saturated heterocycles. The van der Waals surface area contributed by atoms with Gasteiger partial charge in [0.2, 0.25) is 5.88 Å². The smallest absolute Gasteiger partial charge is 0.234 e. The molecule has 0 bridgehead atoms. The number of nitrogens with two attached hydrogens (primary N) is 1. The molecule has 2 aromatic rings. The molecule has 100 valence electrons. The summed E-state index contributed by atoms with van der Waals surface area (Å²) < 4.78 is 5.50. The number of ether oxygens (including phenoxy) is 1. The second-order valence-corrected chi connectivity index (χ2v) is 4.76. The summed E-state index contributed by atoms with van der Waals surface area (Å²) in [6, 6.07) is 5.49. The molecular formula is C13H13Cl2N3O. The average Bonchev–Trinajstić information content (AvgIpc) is 2.41. The maximum Gasteiger partial charge on any atom is 0.234 e. The van der Waals surface area contributed by atoms with Gasteiger partial charge >= 0.3 is 0 Å². The molecule has 0 aliphatic rings. The highest BCUT2D eigenvalue weighted by Gasteiger charge is 2.08. The van der Waals surface area contributed by atoms with Crippen LogP contribution in [-0.4, -0.2) is 16.6 Å². The Morgan fingerprint density at radius 1 is 1.16 bits per heavy atom. The van der Waals surface area contributed by atoms with Crippen LogP contribution in [0, 0.1) is 0 Å². The minimum atomic E-state index is 0.218. The number of hydrogen-bond acceptors (Lipinski definition) is 4. The Labute approximate surface area is 121 Å². The minimum Gasteiger partial charge on any atom is -0.477 e. The van der Waals surface area contributed by atoms with Crippen LogP contribution in [0.15, 0.2) is 30.6 Å². The summed E-state index contributed by atoms with van der Waals surface area (Å²) in [5.41, 5.74) is 6.81. The fourth-order valence-electron chi connectivity index (χ4n) is 1.56. The second-order valence-electron chi connectivity index (χ2n) is 3.95.